The van der Waals surface area contributed by atoms with Gasteiger partial charge in [0.05, 0.1) is 6.61 Å². The minimum absolute atomic E-state index is 0.148. The van der Waals surface area contributed by atoms with Crippen molar-refractivity contribution in [3.8, 4) is 0 Å². The monoisotopic (exact) mass is 309 g/mol. The Kier molecular flexibility index (Phi) is 5.58. The second-order valence-corrected chi connectivity index (χ2v) is 6.53. The van der Waals surface area contributed by atoms with E-state index in [0.717, 1.165) is 12.8 Å². The average molecular weight is 309 g/mol. The number of carbonyl (C=O) groups is 1. The second kappa shape index (κ2) is 7.22. The third-order valence-corrected chi connectivity index (χ3v) is 4.50. The highest BCUT2D eigenvalue weighted by Gasteiger charge is 2.52. The summed E-state index contributed by atoms with van der Waals surface area (Å²) in [5.41, 5.74) is -0.631. The summed E-state index contributed by atoms with van der Waals surface area (Å²) >= 11 is 1.51. The first-order valence-corrected chi connectivity index (χ1v) is 8.41. The first kappa shape index (κ1) is 16.2. The number of carbonyl (C=O) groups excluding carboxylic acids is 1. The summed E-state index contributed by atoms with van der Waals surface area (Å²) in [6.07, 6.45) is 5.56. The molecule has 1 aliphatic rings. The standard InChI is InChI=1S/C15H23N3O2S/c1-4-20-13(19)15(12-6-7-12,18-11(2)3)10-21-14-16-8-5-9-17-14/h5,8-9,11-12,18H,4,6-7,10H2,1-3H3. The van der Waals surface area contributed by atoms with Gasteiger partial charge in [0.15, 0.2) is 5.16 Å². The number of hydrogen-bond acceptors (Lipinski definition) is 6. The number of ether oxygens (including phenoxy) is 1. The zero-order valence-electron chi connectivity index (χ0n) is 12.8. The van der Waals surface area contributed by atoms with Crippen LogP contribution < -0.4 is 5.32 Å². The van der Waals surface area contributed by atoms with E-state index >= 15 is 0 Å². The van der Waals surface area contributed by atoms with Crippen molar-refractivity contribution in [3.63, 3.8) is 0 Å². The molecule has 0 spiro atoms. The van der Waals surface area contributed by atoms with E-state index in [4.69, 9.17) is 4.74 Å². The van der Waals surface area contributed by atoms with E-state index in [-0.39, 0.29) is 12.0 Å². The Balaban J connectivity index is 2.15. The van der Waals surface area contributed by atoms with Crippen molar-refractivity contribution >= 4 is 17.7 Å². The molecule has 0 aliphatic heterocycles. The molecule has 6 heteroatoms. The number of hydrogen-bond donors (Lipinski definition) is 1. The minimum Gasteiger partial charge on any atom is -0.465 e. The van der Waals surface area contributed by atoms with Crippen molar-refractivity contribution in [1.29, 1.82) is 0 Å². The Morgan fingerprint density at radius 3 is 2.67 bits per heavy atom. The summed E-state index contributed by atoms with van der Waals surface area (Å²) in [4.78, 5) is 21.0. The van der Waals surface area contributed by atoms with E-state index in [9.17, 15) is 4.79 Å². The van der Waals surface area contributed by atoms with Crippen LogP contribution in [0.1, 0.15) is 33.6 Å². The van der Waals surface area contributed by atoms with Crippen molar-refractivity contribution in [1.82, 2.24) is 15.3 Å². The summed E-state index contributed by atoms with van der Waals surface area (Å²) in [6, 6.07) is 2.00. The molecular formula is C15H23N3O2S. The molecule has 1 unspecified atom stereocenters. The Morgan fingerprint density at radius 1 is 1.48 bits per heavy atom. The summed E-state index contributed by atoms with van der Waals surface area (Å²) in [5.74, 6) is 0.790. The Hall–Kier alpha value is -1.14. The Bertz CT molecular complexity index is 465. The predicted molar refractivity (Wildman–Crippen MR) is 83.1 cm³/mol. The lowest BCUT2D eigenvalue weighted by Gasteiger charge is -2.34. The maximum Gasteiger partial charge on any atom is 0.327 e. The normalized spacial score (nSPS) is 17.5. The fourth-order valence-electron chi connectivity index (χ4n) is 2.45. The molecule has 0 saturated heterocycles. The lowest BCUT2D eigenvalue weighted by atomic mass is 9.94. The highest BCUT2D eigenvalue weighted by Crippen LogP contribution is 2.43. The molecule has 0 amide bonds. The van der Waals surface area contributed by atoms with Crippen LogP contribution in [0.15, 0.2) is 23.6 Å². The molecule has 1 fully saturated rings. The van der Waals surface area contributed by atoms with Gasteiger partial charge in [-0.05, 0) is 45.6 Å². The van der Waals surface area contributed by atoms with Gasteiger partial charge in [-0.3, -0.25) is 10.1 Å². The van der Waals surface area contributed by atoms with Gasteiger partial charge in [0.1, 0.15) is 5.54 Å². The van der Waals surface area contributed by atoms with E-state index in [0.29, 0.717) is 23.4 Å². The van der Waals surface area contributed by atoms with Crippen molar-refractivity contribution in [2.45, 2.75) is 50.4 Å². The highest BCUT2D eigenvalue weighted by molar-refractivity contribution is 7.99. The average Bonchev–Trinajstić information content (AvgIpc) is 3.29. The van der Waals surface area contributed by atoms with Gasteiger partial charge in [0.2, 0.25) is 0 Å². The van der Waals surface area contributed by atoms with E-state index in [1.165, 1.54) is 11.8 Å². The Labute approximate surface area is 130 Å². The van der Waals surface area contributed by atoms with Crippen LogP contribution in [-0.4, -0.2) is 39.9 Å². The molecule has 1 saturated carbocycles. The molecule has 1 heterocycles. The minimum atomic E-state index is -0.631. The van der Waals surface area contributed by atoms with Gasteiger partial charge in [-0.15, -0.1) is 0 Å². The van der Waals surface area contributed by atoms with Crippen LogP contribution in [0, 0.1) is 5.92 Å². The highest BCUT2D eigenvalue weighted by atomic mass is 32.2. The van der Waals surface area contributed by atoms with Gasteiger partial charge in [0, 0.05) is 24.2 Å². The third-order valence-electron chi connectivity index (χ3n) is 3.43. The van der Waals surface area contributed by atoms with Gasteiger partial charge in [-0.2, -0.15) is 0 Å². The zero-order chi connectivity index (χ0) is 15.3. The van der Waals surface area contributed by atoms with E-state index in [1.807, 2.05) is 6.92 Å². The fraction of sp³-hybridized carbons (Fsp3) is 0.667. The molecule has 2 rings (SSSR count). The fourth-order valence-corrected chi connectivity index (χ4v) is 3.52. The molecule has 1 N–H and O–H groups in total. The Morgan fingerprint density at radius 2 is 2.14 bits per heavy atom. The first-order valence-electron chi connectivity index (χ1n) is 7.43. The molecule has 0 aromatic carbocycles. The molecule has 0 radical (unpaired) electrons. The quantitative estimate of drug-likeness (QED) is 0.451. The largest absolute Gasteiger partial charge is 0.465 e. The van der Waals surface area contributed by atoms with Crippen molar-refractivity contribution in [2.75, 3.05) is 12.4 Å². The first-order chi connectivity index (χ1) is 10.1. The number of nitrogens with zero attached hydrogens (tertiary/aromatic N) is 2. The van der Waals surface area contributed by atoms with Crippen LogP contribution in [0.4, 0.5) is 0 Å². The molecule has 5 nitrogen and oxygen atoms in total. The smallest absolute Gasteiger partial charge is 0.327 e. The predicted octanol–water partition coefficient (Wildman–Crippen LogP) is 2.28. The molecule has 0 bridgehead atoms. The van der Waals surface area contributed by atoms with Crippen LogP contribution in [0.5, 0.6) is 0 Å². The molecular weight excluding hydrogens is 286 g/mol. The topological polar surface area (TPSA) is 64.1 Å². The van der Waals surface area contributed by atoms with Crippen LogP contribution in [-0.2, 0) is 9.53 Å². The molecule has 116 valence electrons. The number of thioether (sulfide) groups is 1. The van der Waals surface area contributed by atoms with Gasteiger partial charge < -0.3 is 4.74 Å². The zero-order valence-corrected chi connectivity index (χ0v) is 13.7. The van der Waals surface area contributed by atoms with Crippen LogP contribution >= 0.6 is 11.8 Å². The van der Waals surface area contributed by atoms with Gasteiger partial charge in [-0.1, -0.05) is 11.8 Å². The lowest BCUT2D eigenvalue weighted by molar-refractivity contribution is -0.151. The summed E-state index contributed by atoms with van der Waals surface area (Å²) in [6.45, 7) is 6.36. The summed E-state index contributed by atoms with van der Waals surface area (Å²) < 4.78 is 5.34. The van der Waals surface area contributed by atoms with E-state index in [1.54, 1.807) is 18.5 Å². The molecule has 1 aliphatic carbocycles. The van der Waals surface area contributed by atoms with Crippen LogP contribution in [0.2, 0.25) is 0 Å². The van der Waals surface area contributed by atoms with Crippen molar-refractivity contribution in [3.05, 3.63) is 18.5 Å². The second-order valence-electron chi connectivity index (χ2n) is 5.59. The molecule has 1 aromatic heterocycles. The maximum absolute atomic E-state index is 12.6. The summed E-state index contributed by atoms with van der Waals surface area (Å²) in [7, 11) is 0. The van der Waals surface area contributed by atoms with Gasteiger partial charge in [0.25, 0.3) is 0 Å². The number of nitrogens with one attached hydrogen (secondary N) is 1. The van der Waals surface area contributed by atoms with Crippen molar-refractivity contribution in [2.24, 2.45) is 5.92 Å². The SMILES string of the molecule is CCOC(=O)C(CSc1ncccn1)(NC(C)C)C1CC1. The summed E-state index contributed by atoms with van der Waals surface area (Å²) in [5, 5.41) is 4.15. The number of aromatic nitrogens is 2. The van der Waals surface area contributed by atoms with Crippen LogP contribution in [0.3, 0.4) is 0 Å². The van der Waals surface area contributed by atoms with E-state index < -0.39 is 5.54 Å². The van der Waals surface area contributed by atoms with Crippen molar-refractivity contribution < 1.29 is 9.53 Å². The van der Waals surface area contributed by atoms with Gasteiger partial charge in [-0.25, -0.2) is 9.97 Å². The molecule has 1 aromatic rings. The van der Waals surface area contributed by atoms with E-state index in [2.05, 4.69) is 29.1 Å². The number of esters is 1. The molecule has 1 atom stereocenters. The number of rotatable bonds is 8. The van der Waals surface area contributed by atoms with Gasteiger partial charge >= 0.3 is 5.97 Å². The molecule has 21 heavy (non-hydrogen) atoms. The maximum atomic E-state index is 12.6. The lowest BCUT2D eigenvalue weighted by Crippen LogP contribution is -2.59. The third kappa shape index (κ3) is 4.17. The van der Waals surface area contributed by atoms with Crippen LogP contribution in [0.25, 0.3) is 0 Å².